The molecule has 3 unspecified atom stereocenters. The predicted molar refractivity (Wildman–Crippen MR) is 192 cm³/mol. The van der Waals surface area contributed by atoms with Crippen LogP contribution in [0.25, 0.3) is 0 Å². The van der Waals surface area contributed by atoms with Crippen LogP contribution in [0.15, 0.2) is 0 Å². The molecule has 0 radical (unpaired) electrons. The van der Waals surface area contributed by atoms with Crippen molar-refractivity contribution in [3.8, 4) is 0 Å². The highest BCUT2D eigenvalue weighted by Crippen LogP contribution is 2.13. The minimum Gasteiger partial charge on any atom is -0.354 e. The molecule has 9 N–H and O–H groups in total. The Morgan fingerprint density at radius 1 is 0.667 bits per heavy atom. The zero-order chi connectivity index (χ0) is 35.3. The molecule has 0 fully saturated rings. The summed E-state index contributed by atoms with van der Waals surface area (Å²) in [6, 6.07) is -1.98. The van der Waals surface area contributed by atoms with E-state index in [0.717, 1.165) is 0 Å². The van der Waals surface area contributed by atoms with E-state index in [-0.39, 0.29) is 54.6 Å². The van der Waals surface area contributed by atoms with Crippen LogP contribution in [0, 0.1) is 11.8 Å². The van der Waals surface area contributed by atoms with Gasteiger partial charge >= 0.3 is 0 Å². The van der Waals surface area contributed by atoms with Crippen molar-refractivity contribution in [1.29, 1.82) is 0 Å². The number of hydrogen-bond donors (Lipinski definition) is 8. The monoisotopic (exact) mass is 657 g/mol. The van der Waals surface area contributed by atoms with Crippen LogP contribution in [-0.2, 0) is 28.8 Å². The highest BCUT2D eigenvalue weighted by Gasteiger charge is 2.39. The van der Waals surface area contributed by atoms with E-state index in [1.165, 1.54) is 41.5 Å². The standard InChI is InChI=1S/C31H60N8O6.8H2/c1-18(2)15-21(37-26(43)29(6,7)32)24(41)36-22(16-19(3)4)25(42)38-31(10,11)28(45)39-30(8,9)27(44)34-14-13-23(40)35-20(5)17-33-12;;;;;;;;/h18-22,33H,13-17,32H2,1-12H3,(H,34,44)(H,35,40)(H,36,41)(H,37,43)(H,38,42)(H,39,45);8*1H. The summed E-state index contributed by atoms with van der Waals surface area (Å²) in [7, 11) is 1.78. The van der Waals surface area contributed by atoms with Gasteiger partial charge in [-0.05, 0) is 80.2 Å². The Morgan fingerprint density at radius 3 is 1.62 bits per heavy atom. The molecule has 0 saturated heterocycles. The molecule has 276 valence electrons. The third-order valence-corrected chi connectivity index (χ3v) is 6.81. The second kappa shape index (κ2) is 18.0. The van der Waals surface area contributed by atoms with Crippen LogP contribution in [0.5, 0.6) is 0 Å². The molecule has 14 nitrogen and oxygen atoms in total. The summed E-state index contributed by atoms with van der Waals surface area (Å²) in [4.78, 5) is 77.5. The first-order chi connectivity index (χ1) is 20.4. The van der Waals surface area contributed by atoms with Gasteiger partial charge < -0.3 is 43.0 Å². The van der Waals surface area contributed by atoms with Crippen LogP contribution in [0.4, 0.5) is 0 Å². The molecule has 0 aliphatic heterocycles. The van der Waals surface area contributed by atoms with Crippen molar-refractivity contribution in [1.82, 2.24) is 37.2 Å². The fourth-order valence-electron chi connectivity index (χ4n) is 4.19. The van der Waals surface area contributed by atoms with Crippen molar-refractivity contribution < 1.29 is 40.2 Å². The van der Waals surface area contributed by atoms with E-state index in [4.69, 9.17) is 5.73 Å². The average Bonchev–Trinajstić information content (AvgIpc) is 2.86. The Labute approximate surface area is 281 Å². The number of hydrogen-bond acceptors (Lipinski definition) is 8. The van der Waals surface area contributed by atoms with E-state index in [1.807, 2.05) is 34.6 Å². The van der Waals surface area contributed by atoms with Gasteiger partial charge in [-0.2, -0.15) is 0 Å². The summed E-state index contributed by atoms with van der Waals surface area (Å²) in [6.07, 6.45) is 0.671. The van der Waals surface area contributed by atoms with Crippen LogP contribution in [0.1, 0.15) is 107 Å². The maximum Gasteiger partial charge on any atom is 0.246 e. The van der Waals surface area contributed by atoms with Gasteiger partial charge in [0.1, 0.15) is 23.2 Å². The molecule has 0 aliphatic rings. The molecule has 0 rings (SSSR count). The second-order valence-corrected chi connectivity index (χ2v) is 14.3. The number of carbonyl (C=O) groups is 6. The van der Waals surface area contributed by atoms with Crippen LogP contribution >= 0.6 is 0 Å². The first-order valence-electron chi connectivity index (χ1n) is 15.7. The smallest absolute Gasteiger partial charge is 0.246 e. The van der Waals surface area contributed by atoms with Gasteiger partial charge in [0, 0.05) is 37.0 Å². The molecular formula is C31H76N8O6. The highest BCUT2D eigenvalue weighted by atomic mass is 16.2. The number of amides is 6. The lowest BCUT2D eigenvalue weighted by Crippen LogP contribution is -2.65. The summed E-state index contributed by atoms with van der Waals surface area (Å²) in [5, 5.41) is 19.2. The lowest BCUT2D eigenvalue weighted by Gasteiger charge is -2.33. The zero-order valence-corrected chi connectivity index (χ0v) is 29.4. The Bertz CT molecular complexity index is 1070. The topological polar surface area (TPSA) is 213 Å². The fourth-order valence-corrected chi connectivity index (χ4v) is 4.19. The van der Waals surface area contributed by atoms with Crippen molar-refractivity contribution in [2.75, 3.05) is 20.1 Å². The van der Waals surface area contributed by atoms with Crippen LogP contribution < -0.4 is 43.0 Å². The Morgan fingerprint density at radius 2 is 1.16 bits per heavy atom. The van der Waals surface area contributed by atoms with E-state index in [0.29, 0.717) is 13.0 Å². The Kier molecular flexibility index (Phi) is 16.7. The van der Waals surface area contributed by atoms with Crippen LogP contribution in [0.2, 0.25) is 0 Å². The molecule has 0 saturated carbocycles. The number of nitrogens with one attached hydrogen (secondary N) is 7. The maximum atomic E-state index is 13.4. The van der Waals surface area contributed by atoms with Crippen molar-refractivity contribution in [3.63, 3.8) is 0 Å². The van der Waals surface area contributed by atoms with Crippen molar-refractivity contribution >= 4 is 35.4 Å². The SMILES string of the molecule is CNCC(C)NC(=O)CCNC(=O)C(C)(C)NC(=O)C(C)(C)NC(=O)C(CC(C)C)NC(=O)C(CC(C)C)NC(=O)C(C)(C)N.[HH].[HH].[HH].[HH].[HH].[HH].[HH].[HH]. The Hall–Kier alpha value is -3.26. The van der Waals surface area contributed by atoms with E-state index in [1.54, 1.807) is 7.05 Å². The van der Waals surface area contributed by atoms with Gasteiger partial charge in [-0.25, -0.2) is 0 Å². The average molecular weight is 657 g/mol. The van der Waals surface area contributed by atoms with Gasteiger partial charge in [0.15, 0.2) is 0 Å². The van der Waals surface area contributed by atoms with Crippen molar-refractivity contribution in [2.45, 2.75) is 130 Å². The molecule has 3 atom stereocenters. The van der Waals surface area contributed by atoms with Crippen LogP contribution in [-0.4, -0.2) is 90.3 Å². The summed E-state index contributed by atoms with van der Waals surface area (Å²) >= 11 is 0. The molecule has 0 spiro atoms. The normalized spacial score (nSPS) is 14.2. The largest absolute Gasteiger partial charge is 0.354 e. The molecule has 45 heavy (non-hydrogen) atoms. The fraction of sp³-hybridized carbons (Fsp3) is 0.806. The predicted octanol–water partition coefficient (Wildman–Crippen LogP) is 1.77. The van der Waals surface area contributed by atoms with Crippen LogP contribution in [0.3, 0.4) is 0 Å². The third-order valence-electron chi connectivity index (χ3n) is 6.81. The van der Waals surface area contributed by atoms with Gasteiger partial charge in [0.2, 0.25) is 35.4 Å². The molecule has 0 heterocycles. The second-order valence-electron chi connectivity index (χ2n) is 14.3. The molecule has 6 amide bonds. The first kappa shape index (κ1) is 41.7. The minimum absolute atomic E-state index is 0. The van der Waals surface area contributed by atoms with Gasteiger partial charge in [0.05, 0.1) is 5.54 Å². The highest BCUT2D eigenvalue weighted by molar-refractivity contribution is 5.98. The van der Waals surface area contributed by atoms with Gasteiger partial charge in [-0.15, -0.1) is 0 Å². The number of likely N-dealkylation sites (N-methyl/N-ethyl adjacent to an activating group) is 1. The number of rotatable bonds is 19. The molecule has 0 aromatic carbocycles. The summed E-state index contributed by atoms with van der Waals surface area (Å²) < 4.78 is 0. The van der Waals surface area contributed by atoms with Gasteiger partial charge in [0.25, 0.3) is 0 Å². The molecule has 0 aromatic rings. The summed E-state index contributed by atoms with van der Waals surface area (Å²) in [5.41, 5.74) is 1.88. The van der Waals surface area contributed by atoms with Gasteiger partial charge in [-0.3, -0.25) is 28.8 Å². The molecule has 0 aliphatic carbocycles. The number of nitrogens with two attached hydrogens (primary N) is 1. The van der Waals surface area contributed by atoms with E-state index in [9.17, 15) is 28.8 Å². The molecular weight excluding hydrogens is 580 g/mol. The first-order valence-corrected chi connectivity index (χ1v) is 15.7. The minimum atomic E-state index is -1.47. The van der Waals surface area contributed by atoms with E-state index in [2.05, 4.69) is 37.2 Å². The van der Waals surface area contributed by atoms with Crippen molar-refractivity contribution in [3.05, 3.63) is 0 Å². The molecule has 0 aromatic heterocycles. The summed E-state index contributed by atoms with van der Waals surface area (Å²) in [6.45, 7) is 19.2. The number of carbonyl (C=O) groups excluding carboxylic acids is 6. The zero-order valence-electron chi connectivity index (χ0n) is 29.4. The molecule has 14 heteroatoms. The van der Waals surface area contributed by atoms with Gasteiger partial charge in [-0.1, -0.05) is 27.7 Å². The maximum absolute atomic E-state index is 13.4. The third kappa shape index (κ3) is 16.0. The Balaban J connectivity index is -0.000000346. The quantitative estimate of drug-likeness (QED) is 0.102. The van der Waals surface area contributed by atoms with E-state index >= 15 is 0 Å². The van der Waals surface area contributed by atoms with Crippen molar-refractivity contribution in [2.24, 2.45) is 17.6 Å². The van der Waals surface area contributed by atoms with E-state index < -0.39 is 58.2 Å². The lowest BCUT2D eigenvalue weighted by molar-refractivity contribution is -0.138. The lowest BCUT2D eigenvalue weighted by atomic mass is 9.96. The summed E-state index contributed by atoms with van der Waals surface area (Å²) in [5.74, 6) is -2.90. The molecule has 0 bridgehead atoms.